The highest BCUT2D eigenvalue weighted by Crippen LogP contribution is 2.47. The Morgan fingerprint density at radius 3 is 2.58 bits per heavy atom. The van der Waals surface area contributed by atoms with Gasteiger partial charge < -0.3 is 10.2 Å². The molecule has 1 amide bonds. The van der Waals surface area contributed by atoms with E-state index < -0.39 is 17.9 Å². The van der Waals surface area contributed by atoms with Gasteiger partial charge >= 0.3 is 6.18 Å². The molecule has 1 fully saturated rings. The van der Waals surface area contributed by atoms with Gasteiger partial charge in [-0.15, -0.1) is 0 Å². The van der Waals surface area contributed by atoms with Gasteiger partial charge in [-0.2, -0.15) is 18.3 Å². The van der Waals surface area contributed by atoms with Crippen LogP contribution in [0, 0.1) is 0 Å². The van der Waals surface area contributed by atoms with Gasteiger partial charge in [0.15, 0.2) is 5.69 Å². The first-order chi connectivity index (χ1) is 11.1. The highest BCUT2D eigenvalue weighted by Gasteiger charge is 2.42. The van der Waals surface area contributed by atoms with Gasteiger partial charge in [0.25, 0.3) is 0 Å². The summed E-state index contributed by atoms with van der Waals surface area (Å²) < 4.78 is 40.5. The molecule has 0 saturated heterocycles. The molecule has 24 heavy (non-hydrogen) atoms. The predicted octanol–water partition coefficient (Wildman–Crippen LogP) is 3.17. The average Bonchev–Trinajstić information content (AvgIpc) is 3.24. The summed E-state index contributed by atoms with van der Waals surface area (Å²) in [7, 11) is 3.87. The molecule has 1 unspecified atom stereocenters. The van der Waals surface area contributed by atoms with Gasteiger partial charge in [-0.1, -0.05) is 0 Å². The normalized spacial score (nSPS) is 16.5. The summed E-state index contributed by atoms with van der Waals surface area (Å²) in [5, 5.41) is 6.46. The monoisotopic (exact) mass is 410 g/mol. The van der Waals surface area contributed by atoms with E-state index in [4.69, 9.17) is 0 Å². The third-order valence-electron chi connectivity index (χ3n) is 3.95. The van der Waals surface area contributed by atoms with Gasteiger partial charge in [-0.25, -0.2) is 0 Å². The first kappa shape index (κ1) is 19.2. The van der Waals surface area contributed by atoms with Crippen molar-refractivity contribution in [2.24, 2.45) is 0 Å². The lowest BCUT2D eigenvalue weighted by molar-refractivity contribution is -0.142. The lowest BCUT2D eigenvalue weighted by atomic mass is 10.2. The van der Waals surface area contributed by atoms with Gasteiger partial charge in [0.2, 0.25) is 5.91 Å². The number of hydrogen-bond acceptors (Lipinski definition) is 3. The zero-order chi connectivity index (χ0) is 18.1. The van der Waals surface area contributed by atoms with Crippen molar-refractivity contribution >= 4 is 21.8 Å². The van der Waals surface area contributed by atoms with Crippen LogP contribution >= 0.6 is 15.9 Å². The van der Waals surface area contributed by atoms with Crippen molar-refractivity contribution in [1.29, 1.82) is 0 Å². The van der Waals surface area contributed by atoms with Gasteiger partial charge in [-0.3, -0.25) is 9.48 Å². The number of nitrogens with zero attached hydrogens (tertiary/aromatic N) is 3. The third kappa shape index (κ3) is 4.50. The predicted molar refractivity (Wildman–Crippen MR) is 87.8 cm³/mol. The van der Waals surface area contributed by atoms with Crippen LogP contribution in [0.5, 0.6) is 0 Å². The van der Waals surface area contributed by atoms with E-state index in [0.29, 0.717) is 12.2 Å². The minimum absolute atomic E-state index is 0.0342. The molecule has 1 saturated carbocycles. The molecule has 0 bridgehead atoms. The zero-order valence-corrected chi connectivity index (χ0v) is 15.5. The maximum Gasteiger partial charge on any atom is 0.436 e. The van der Waals surface area contributed by atoms with Crippen LogP contribution in [-0.4, -0.2) is 47.8 Å². The van der Waals surface area contributed by atoms with Crippen LogP contribution in [-0.2, 0) is 11.0 Å². The second-order valence-corrected chi connectivity index (χ2v) is 7.18. The Balaban J connectivity index is 2.13. The van der Waals surface area contributed by atoms with E-state index >= 15 is 0 Å². The second kappa shape index (κ2) is 7.43. The molecule has 1 N–H and O–H groups in total. The molecule has 9 heteroatoms. The number of halogens is 4. The van der Waals surface area contributed by atoms with Gasteiger partial charge in [-0.05, 0) is 62.8 Å². The fraction of sp³-hybridized carbons (Fsp3) is 0.733. The van der Waals surface area contributed by atoms with Crippen LogP contribution in [0.4, 0.5) is 13.2 Å². The van der Waals surface area contributed by atoms with Crippen molar-refractivity contribution in [2.75, 3.05) is 27.2 Å². The van der Waals surface area contributed by atoms with Gasteiger partial charge in [0.1, 0.15) is 6.04 Å². The fourth-order valence-electron chi connectivity index (χ4n) is 2.49. The minimum atomic E-state index is -4.55. The number of carbonyl (C=O) groups excluding carboxylic acids is 1. The Labute approximate surface area is 147 Å². The van der Waals surface area contributed by atoms with Crippen LogP contribution < -0.4 is 5.32 Å². The molecule has 2 rings (SSSR count). The van der Waals surface area contributed by atoms with E-state index in [-0.39, 0.29) is 16.3 Å². The SMILES string of the molecule is CC(C(=O)NCCCN(C)C)n1nc(C(F)(F)F)c(Br)c1C1CC1. The largest absolute Gasteiger partial charge is 0.436 e. The number of aromatic nitrogens is 2. The molecular formula is C15H22BrF3N4O. The van der Waals surface area contributed by atoms with Crippen molar-refractivity contribution in [3.63, 3.8) is 0 Å². The van der Waals surface area contributed by atoms with E-state index in [1.807, 2.05) is 19.0 Å². The number of amides is 1. The Hall–Kier alpha value is -1.09. The molecule has 1 atom stereocenters. The molecule has 1 aliphatic rings. The molecule has 1 aromatic heterocycles. The molecule has 1 aliphatic carbocycles. The molecule has 136 valence electrons. The number of nitrogens with one attached hydrogen (secondary N) is 1. The summed E-state index contributed by atoms with van der Waals surface area (Å²) in [6, 6.07) is -0.785. The smallest absolute Gasteiger partial charge is 0.354 e. The van der Waals surface area contributed by atoms with Crippen LogP contribution in [0.2, 0.25) is 0 Å². The van der Waals surface area contributed by atoms with E-state index in [1.54, 1.807) is 6.92 Å². The Morgan fingerprint density at radius 2 is 2.08 bits per heavy atom. The van der Waals surface area contributed by atoms with Crippen LogP contribution in [0.25, 0.3) is 0 Å². The number of carbonyl (C=O) groups is 1. The zero-order valence-electron chi connectivity index (χ0n) is 14.0. The van der Waals surface area contributed by atoms with Crippen molar-refractivity contribution in [2.45, 2.75) is 44.3 Å². The van der Waals surface area contributed by atoms with Crippen molar-refractivity contribution < 1.29 is 18.0 Å². The summed E-state index contributed by atoms with van der Waals surface area (Å²) in [6.07, 6.45) is -2.13. The minimum Gasteiger partial charge on any atom is -0.354 e. The summed E-state index contributed by atoms with van der Waals surface area (Å²) in [5.74, 6) is -0.286. The van der Waals surface area contributed by atoms with E-state index in [1.165, 1.54) is 4.68 Å². The van der Waals surface area contributed by atoms with E-state index in [0.717, 1.165) is 25.8 Å². The maximum atomic E-state index is 13.1. The average molecular weight is 411 g/mol. The standard InChI is InChI=1S/C15H22BrF3N4O/c1-9(14(24)20-7-4-8-22(2)3)23-12(10-5-6-10)11(16)13(21-23)15(17,18)19/h9-10H,4-8H2,1-3H3,(H,20,24). The van der Waals surface area contributed by atoms with Crippen molar-refractivity contribution in [3.8, 4) is 0 Å². The van der Waals surface area contributed by atoms with Crippen molar-refractivity contribution in [1.82, 2.24) is 20.0 Å². The molecule has 0 radical (unpaired) electrons. The summed E-state index contributed by atoms with van der Waals surface area (Å²) in [4.78, 5) is 14.3. The first-order valence-electron chi connectivity index (χ1n) is 7.90. The number of alkyl halides is 3. The van der Waals surface area contributed by atoms with Gasteiger partial charge in [0, 0.05) is 12.5 Å². The topological polar surface area (TPSA) is 50.2 Å². The highest BCUT2D eigenvalue weighted by molar-refractivity contribution is 9.10. The third-order valence-corrected chi connectivity index (χ3v) is 4.73. The fourth-order valence-corrected chi connectivity index (χ4v) is 3.30. The summed E-state index contributed by atoms with van der Waals surface area (Å²) >= 11 is 3.04. The summed E-state index contributed by atoms with van der Waals surface area (Å²) in [6.45, 7) is 2.88. The van der Waals surface area contributed by atoms with Crippen LogP contribution in [0.15, 0.2) is 4.47 Å². The molecule has 5 nitrogen and oxygen atoms in total. The first-order valence-corrected chi connectivity index (χ1v) is 8.69. The summed E-state index contributed by atoms with van der Waals surface area (Å²) in [5.41, 5.74) is -0.491. The maximum absolute atomic E-state index is 13.1. The lowest BCUT2D eigenvalue weighted by Gasteiger charge is -2.16. The lowest BCUT2D eigenvalue weighted by Crippen LogP contribution is -2.34. The van der Waals surface area contributed by atoms with E-state index in [2.05, 4.69) is 26.3 Å². The van der Waals surface area contributed by atoms with Crippen LogP contribution in [0.3, 0.4) is 0 Å². The second-order valence-electron chi connectivity index (χ2n) is 6.39. The molecular weight excluding hydrogens is 389 g/mol. The quantitative estimate of drug-likeness (QED) is 0.702. The molecule has 0 aliphatic heterocycles. The molecule has 1 aromatic rings. The highest BCUT2D eigenvalue weighted by atomic mass is 79.9. The molecule has 0 spiro atoms. The van der Waals surface area contributed by atoms with Gasteiger partial charge in [0.05, 0.1) is 10.2 Å². The van der Waals surface area contributed by atoms with E-state index in [9.17, 15) is 18.0 Å². The molecule has 0 aromatic carbocycles. The van der Waals surface area contributed by atoms with Crippen LogP contribution in [0.1, 0.15) is 49.5 Å². The Bertz CT molecular complexity index is 596. The number of rotatable bonds is 7. The number of hydrogen-bond donors (Lipinski definition) is 1. The Morgan fingerprint density at radius 1 is 1.46 bits per heavy atom. The van der Waals surface area contributed by atoms with Crippen molar-refractivity contribution in [3.05, 3.63) is 15.9 Å². The molecule has 1 heterocycles. The Kier molecular flexibility index (Phi) is 5.95.